The number of ether oxygens (including phenoxy) is 1. The largest absolute Gasteiger partial charge is 0.488 e. The molecule has 6 nitrogen and oxygen atoms in total. The zero-order valence-electron chi connectivity index (χ0n) is 17.2. The van der Waals surface area contributed by atoms with Crippen LogP contribution in [0, 0.1) is 5.82 Å². The Morgan fingerprint density at radius 2 is 1.80 bits per heavy atom. The quantitative estimate of drug-likeness (QED) is 0.667. The second kappa shape index (κ2) is 9.57. The van der Waals surface area contributed by atoms with Crippen LogP contribution in [0.2, 0.25) is 0 Å². The first kappa shape index (κ1) is 22.2. The number of anilines is 1. The Morgan fingerprint density at radius 1 is 1.13 bits per heavy atom. The molecule has 0 spiro atoms. The van der Waals surface area contributed by atoms with Crippen molar-refractivity contribution in [3.8, 4) is 5.75 Å². The fourth-order valence-corrected chi connectivity index (χ4v) is 5.08. The van der Waals surface area contributed by atoms with E-state index in [0.29, 0.717) is 11.4 Å². The van der Waals surface area contributed by atoms with Gasteiger partial charge in [-0.3, -0.25) is 4.79 Å². The summed E-state index contributed by atoms with van der Waals surface area (Å²) in [7, 11) is -3.81. The number of carbonyl (C=O) groups excluding carboxylic acids is 1. The number of halogens is 1. The molecule has 1 fully saturated rings. The zero-order valence-corrected chi connectivity index (χ0v) is 18.0. The van der Waals surface area contributed by atoms with E-state index in [1.54, 1.807) is 38.1 Å². The molecule has 3 rings (SSSR count). The third kappa shape index (κ3) is 4.82. The predicted octanol–water partition coefficient (Wildman–Crippen LogP) is 4.43. The average molecular weight is 435 g/mol. The lowest BCUT2D eigenvalue weighted by Crippen LogP contribution is -2.31. The smallest absolute Gasteiger partial charge is 0.258 e. The number of nitrogens with zero attached hydrogens (tertiary/aromatic N) is 1. The number of para-hydroxylation sites is 2. The number of hydrogen-bond acceptors (Lipinski definition) is 4. The van der Waals surface area contributed by atoms with Crippen molar-refractivity contribution in [2.24, 2.45) is 0 Å². The fraction of sp³-hybridized carbons (Fsp3) is 0.409. The summed E-state index contributed by atoms with van der Waals surface area (Å²) in [6.07, 6.45) is 4.24. The standard InChI is InChI=1S/C22H27FN2O4S/c1-3-25(4-2)30(27,28)17-13-14-19(23)18(15-17)22(26)24-20-11-7-8-12-21(20)29-16-9-5-6-10-16/h7-8,11-16H,3-6,9-10H2,1-2H3,(H,24,26). The average Bonchev–Trinajstić information content (AvgIpc) is 3.23. The second-order valence-electron chi connectivity index (χ2n) is 7.21. The predicted molar refractivity (Wildman–Crippen MR) is 114 cm³/mol. The number of benzene rings is 2. The van der Waals surface area contributed by atoms with Crippen LogP contribution >= 0.6 is 0 Å². The Hall–Kier alpha value is -2.45. The Balaban J connectivity index is 1.86. The van der Waals surface area contributed by atoms with Gasteiger partial charge in [0.05, 0.1) is 22.3 Å². The molecule has 30 heavy (non-hydrogen) atoms. The maximum Gasteiger partial charge on any atom is 0.258 e. The Kier molecular flexibility index (Phi) is 7.10. The van der Waals surface area contributed by atoms with Crippen LogP contribution in [0.3, 0.4) is 0 Å². The van der Waals surface area contributed by atoms with Gasteiger partial charge in [-0.1, -0.05) is 26.0 Å². The van der Waals surface area contributed by atoms with Crippen molar-refractivity contribution in [1.29, 1.82) is 0 Å². The van der Waals surface area contributed by atoms with E-state index >= 15 is 0 Å². The van der Waals surface area contributed by atoms with E-state index in [9.17, 15) is 17.6 Å². The first-order chi connectivity index (χ1) is 14.4. The van der Waals surface area contributed by atoms with E-state index < -0.39 is 21.7 Å². The SMILES string of the molecule is CCN(CC)S(=O)(=O)c1ccc(F)c(C(=O)Nc2ccccc2OC2CCCC2)c1. The minimum Gasteiger partial charge on any atom is -0.488 e. The number of hydrogen-bond donors (Lipinski definition) is 1. The third-order valence-corrected chi connectivity index (χ3v) is 7.30. The molecule has 1 N–H and O–H groups in total. The lowest BCUT2D eigenvalue weighted by atomic mass is 10.2. The molecule has 0 unspecified atom stereocenters. The number of nitrogens with one attached hydrogen (secondary N) is 1. The monoisotopic (exact) mass is 434 g/mol. The normalized spacial score (nSPS) is 14.8. The maximum absolute atomic E-state index is 14.4. The molecule has 1 saturated carbocycles. The Labute approximate surface area is 177 Å². The van der Waals surface area contributed by atoms with E-state index in [1.165, 1.54) is 10.4 Å². The van der Waals surface area contributed by atoms with Gasteiger partial charge in [-0.05, 0) is 56.0 Å². The van der Waals surface area contributed by atoms with Gasteiger partial charge in [-0.2, -0.15) is 4.31 Å². The van der Waals surface area contributed by atoms with Crippen molar-refractivity contribution in [3.05, 3.63) is 53.8 Å². The van der Waals surface area contributed by atoms with Gasteiger partial charge < -0.3 is 10.1 Å². The summed E-state index contributed by atoms with van der Waals surface area (Å²) in [4.78, 5) is 12.7. The third-order valence-electron chi connectivity index (χ3n) is 5.26. The van der Waals surface area contributed by atoms with E-state index in [0.717, 1.165) is 37.8 Å². The van der Waals surface area contributed by atoms with Crippen molar-refractivity contribution in [2.75, 3.05) is 18.4 Å². The van der Waals surface area contributed by atoms with Crippen LogP contribution in [0.15, 0.2) is 47.4 Å². The number of sulfonamides is 1. The highest BCUT2D eigenvalue weighted by Crippen LogP contribution is 2.30. The van der Waals surface area contributed by atoms with Crippen LogP contribution in [0.4, 0.5) is 10.1 Å². The second-order valence-corrected chi connectivity index (χ2v) is 9.14. The van der Waals surface area contributed by atoms with Gasteiger partial charge in [0, 0.05) is 13.1 Å². The van der Waals surface area contributed by atoms with Crippen LogP contribution in [0.25, 0.3) is 0 Å². The summed E-state index contributed by atoms with van der Waals surface area (Å²) < 4.78 is 47.1. The first-order valence-corrected chi connectivity index (χ1v) is 11.7. The van der Waals surface area contributed by atoms with E-state index in [4.69, 9.17) is 4.74 Å². The van der Waals surface area contributed by atoms with E-state index in [-0.39, 0.29) is 29.7 Å². The fourth-order valence-electron chi connectivity index (χ4n) is 3.60. The molecule has 1 aliphatic rings. The molecule has 0 saturated heterocycles. The van der Waals surface area contributed by atoms with Gasteiger partial charge in [0.1, 0.15) is 11.6 Å². The van der Waals surface area contributed by atoms with Gasteiger partial charge in [-0.15, -0.1) is 0 Å². The minimum atomic E-state index is -3.81. The highest BCUT2D eigenvalue weighted by Gasteiger charge is 2.25. The van der Waals surface area contributed by atoms with Crippen LogP contribution in [-0.2, 0) is 10.0 Å². The Bertz CT molecular complexity index is 1000. The number of carbonyl (C=O) groups is 1. The molecule has 0 aliphatic heterocycles. The number of amides is 1. The molecule has 8 heteroatoms. The van der Waals surface area contributed by atoms with Crippen molar-refractivity contribution in [1.82, 2.24) is 4.31 Å². The maximum atomic E-state index is 14.4. The summed E-state index contributed by atoms with van der Waals surface area (Å²) in [6.45, 7) is 4.01. The van der Waals surface area contributed by atoms with Crippen molar-refractivity contribution < 1.29 is 22.3 Å². The van der Waals surface area contributed by atoms with Gasteiger partial charge in [0.2, 0.25) is 10.0 Å². The lowest BCUT2D eigenvalue weighted by Gasteiger charge is -2.19. The topological polar surface area (TPSA) is 75.7 Å². The van der Waals surface area contributed by atoms with Gasteiger partial charge in [0.25, 0.3) is 5.91 Å². The first-order valence-electron chi connectivity index (χ1n) is 10.2. The van der Waals surface area contributed by atoms with Crippen LogP contribution < -0.4 is 10.1 Å². The molecule has 0 radical (unpaired) electrons. The van der Waals surface area contributed by atoms with E-state index in [2.05, 4.69) is 5.32 Å². The molecule has 0 atom stereocenters. The van der Waals surface area contributed by atoms with Crippen LogP contribution in [0.1, 0.15) is 49.9 Å². The zero-order chi connectivity index (χ0) is 21.7. The highest BCUT2D eigenvalue weighted by atomic mass is 32.2. The molecule has 162 valence electrons. The summed E-state index contributed by atoms with van der Waals surface area (Å²) in [5.74, 6) is -1.00. The number of rotatable bonds is 8. The molecular formula is C22H27FN2O4S. The molecule has 2 aromatic rings. The summed E-state index contributed by atoms with van der Waals surface area (Å²) in [5.41, 5.74) is 0.0877. The highest BCUT2D eigenvalue weighted by molar-refractivity contribution is 7.89. The summed E-state index contributed by atoms with van der Waals surface area (Å²) in [5, 5.41) is 2.67. The van der Waals surface area contributed by atoms with Gasteiger partial charge in [0.15, 0.2) is 0 Å². The minimum absolute atomic E-state index is 0.0994. The van der Waals surface area contributed by atoms with Gasteiger partial charge in [-0.25, -0.2) is 12.8 Å². The summed E-state index contributed by atoms with van der Waals surface area (Å²) >= 11 is 0. The molecule has 0 heterocycles. The van der Waals surface area contributed by atoms with Crippen molar-refractivity contribution >= 4 is 21.6 Å². The molecule has 0 bridgehead atoms. The summed E-state index contributed by atoms with van der Waals surface area (Å²) in [6, 6.07) is 10.2. The van der Waals surface area contributed by atoms with Crippen LogP contribution in [0.5, 0.6) is 5.75 Å². The van der Waals surface area contributed by atoms with Crippen molar-refractivity contribution in [2.45, 2.75) is 50.5 Å². The van der Waals surface area contributed by atoms with Gasteiger partial charge >= 0.3 is 0 Å². The Morgan fingerprint density at radius 3 is 2.47 bits per heavy atom. The molecule has 0 aromatic heterocycles. The lowest BCUT2D eigenvalue weighted by molar-refractivity contribution is 0.102. The van der Waals surface area contributed by atoms with Crippen molar-refractivity contribution in [3.63, 3.8) is 0 Å². The molecule has 1 aliphatic carbocycles. The molecular weight excluding hydrogens is 407 g/mol. The van der Waals surface area contributed by atoms with Crippen LogP contribution in [-0.4, -0.2) is 37.8 Å². The molecule has 2 aromatic carbocycles. The molecule has 1 amide bonds. The van der Waals surface area contributed by atoms with E-state index in [1.807, 2.05) is 0 Å².